The van der Waals surface area contributed by atoms with Gasteiger partial charge >= 0.3 is 0 Å². The molecule has 0 amide bonds. The molecule has 0 bridgehead atoms. The average molecular weight is 653 g/mol. The van der Waals surface area contributed by atoms with Crippen LogP contribution < -0.4 is 0 Å². The number of hydrogen-bond donors (Lipinski definition) is 0. The molecule has 0 aliphatic heterocycles. The first-order valence-electron chi connectivity index (χ1n) is 17.6. The van der Waals surface area contributed by atoms with Gasteiger partial charge in [0, 0.05) is 43.6 Å². The van der Waals surface area contributed by atoms with Gasteiger partial charge in [0.05, 0.1) is 33.3 Å². The van der Waals surface area contributed by atoms with Crippen molar-refractivity contribution in [2.45, 2.75) is 19.3 Å². The van der Waals surface area contributed by atoms with Gasteiger partial charge in [-0.2, -0.15) is 0 Å². The third kappa shape index (κ3) is 3.74. The molecular weight excluding hydrogens is 621 g/mol. The van der Waals surface area contributed by atoms with Crippen molar-refractivity contribution in [2.75, 3.05) is 0 Å². The van der Waals surface area contributed by atoms with Gasteiger partial charge in [-0.15, -0.1) is 0 Å². The minimum atomic E-state index is -0.229. The number of nitrogens with zero attached hydrogens (tertiary/aromatic N) is 4. The van der Waals surface area contributed by atoms with E-state index in [2.05, 4.69) is 181 Å². The molecular formula is C47H32N4. The van der Waals surface area contributed by atoms with Crippen LogP contribution in [0.4, 0.5) is 0 Å². The molecule has 0 N–H and O–H groups in total. The van der Waals surface area contributed by atoms with E-state index in [1.54, 1.807) is 0 Å². The van der Waals surface area contributed by atoms with E-state index in [9.17, 15) is 0 Å². The highest BCUT2D eigenvalue weighted by atomic mass is 15.2. The molecule has 0 saturated carbocycles. The summed E-state index contributed by atoms with van der Waals surface area (Å²) in [6, 6.07) is 56.4. The van der Waals surface area contributed by atoms with E-state index >= 15 is 0 Å². The fourth-order valence-corrected chi connectivity index (χ4v) is 8.99. The quantitative estimate of drug-likeness (QED) is 0.190. The molecule has 10 aromatic rings. The minimum Gasteiger partial charge on any atom is -0.307 e. The summed E-state index contributed by atoms with van der Waals surface area (Å²) in [4.78, 5) is 10.9. The van der Waals surface area contributed by atoms with Gasteiger partial charge in [-0.1, -0.05) is 141 Å². The largest absolute Gasteiger partial charge is 0.307 e. The van der Waals surface area contributed by atoms with Crippen LogP contribution in [0.25, 0.3) is 88.5 Å². The molecule has 3 heterocycles. The smallest absolute Gasteiger partial charge is 0.235 e. The number of benzene rings is 7. The van der Waals surface area contributed by atoms with Crippen LogP contribution in [-0.2, 0) is 5.41 Å². The predicted octanol–water partition coefficient (Wildman–Crippen LogP) is 11.8. The van der Waals surface area contributed by atoms with Crippen LogP contribution in [-0.4, -0.2) is 19.1 Å². The lowest BCUT2D eigenvalue weighted by Crippen LogP contribution is -2.15. The van der Waals surface area contributed by atoms with Crippen molar-refractivity contribution in [1.29, 1.82) is 0 Å². The topological polar surface area (TPSA) is 35.6 Å². The maximum Gasteiger partial charge on any atom is 0.235 e. The average Bonchev–Trinajstić information content (AvgIpc) is 3.79. The molecule has 0 spiro atoms. The summed E-state index contributed by atoms with van der Waals surface area (Å²) in [5.41, 5.74) is 13.7. The Morgan fingerprint density at radius 2 is 1.06 bits per heavy atom. The lowest BCUT2D eigenvalue weighted by Gasteiger charge is -2.23. The number of aromatic nitrogens is 4. The standard InChI is InChI=1S/C47H32N4/c1-47(2)35-25-13-9-21-31(35)39-40-33-23-11-16-28-38(33)51(46-48-36-26-14-10-22-32(36)43(49-46)29-17-5-3-6-18-29)44(40)45-41(42(39)47)34-24-12-15-27-37(34)50(45)30-19-7-4-8-20-30/h3-28H,1-2H3. The SMILES string of the molecule is CC1(C)c2ccccc2-c2c1c1c3ccccc3n(-c3ccccc3)c1c1c2c2ccccc2n1-c1nc(-c2ccccc2)c2ccccc2n1. The zero-order chi connectivity index (χ0) is 33.8. The molecule has 4 heteroatoms. The zero-order valence-electron chi connectivity index (χ0n) is 28.3. The Morgan fingerprint density at radius 3 is 1.82 bits per heavy atom. The number of fused-ring (bicyclic) bond motifs is 13. The van der Waals surface area contributed by atoms with Gasteiger partial charge in [0.1, 0.15) is 0 Å². The molecule has 51 heavy (non-hydrogen) atoms. The van der Waals surface area contributed by atoms with Crippen molar-refractivity contribution >= 4 is 54.5 Å². The lowest BCUT2D eigenvalue weighted by atomic mass is 9.80. The van der Waals surface area contributed by atoms with Gasteiger partial charge in [0.25, 0.3) is 0 Å². The third-order valence-corrected chi connectivity index (χ3v) is 11.1. The Kier molecular flexibility index (Phi) is 5.70. The maximum absolute atomic E-state index is 5.49. The molecule has 1 aliphatic carbocycles. The van der Waals surface area contributed by atoms with Crippen molar-refractivity contribution in [3.63, 3.8) is 0 Å². The molecule has 4 nitrogen and oxygen atoms in total. The van der Waals surface area contributed by atoms with E-state index in [-0.39, 0.29) is 5.41 Å². The highest BCUT2D eigenvalue weighted by Gasteiger charge is 2.41. The summed E-state index contributed by atoms with van der Waals surface area (Å²) < 4.78 is 4.82. The molecule has 0 saturated heterocycles. The van der Waals surface area contributed by atoms with Gasteiger partial charge in [-0.3, -0.25) is 4.57 Å². The van der Waals surface area contributed by atoms with Gasteiger partial charge in [-0.25, -0.2) is 9.97 Å². The zero-order valence-corrected chi connectivity index (χ0v) is 28.3. The second-order valence-corrected chi connectivity index (χ2v) is 14.2. The molecule has 1 aliphatic rings. The van der Waals surface area contributed by atoms with Crippen LogP contribution in [0.15, 0.2) is 158 Å². The Hall–Kier alpha value is -6.52. The van der Waals surface area contributed by atoms with Crippen LogP contribution >= 0.6 is 0 Å². The maximum atomic E-state index is 5.49. The first-order valence-corrected chi connectivity index (χ1v) is 17.6. The van der Waals surface area contributed by atoms with Crippen molar-refractivity contribution in [3.8, 4) is 34.0 Å². The summed E-state index contributed by atoms with van der Waals surface area (Å²) in [6.07, 6.45) is 0. The van der Waals surface area contributed by atoms with Gasteiger partial charge in [0.2, 0.25) is 5.95 Å². The molecule has 0 atom stereocenters. The van der Waals surface area contributed by atoms with E-state index < -0.39 is 0 Å². The van der Waals surface area contributed by atoms with E-state index in [1.807, 2.05) is 0 Å². The highest BCUT2D eigenvalue weighted by molar-refractivity contribution is 6.31. The molecule has 0 unspecified atom stereocenters. The number of para-hydroxylation sites is 4. The highest BCUT2D eigenvalue weighted by Crippen LogP contribution is 2.58. The van der Waals surface area contributed by atoms with Gasteiger partial charge in [0.15, 0.2) is 0 Å². The Labute approximate surface area is 294 Å². The molecule has 7 aromatic carbocycles. The molecule has 240 valence electrons. The van der Waals surface area contributed by atoms with Gasteiger partial charge < -0.3 is 4.57 Å². The summed E-state index contributed by atoms with van der Waals surface area (Å²) in [5, 5.41) is 6.00. The first-order chi connectivity index (χ1) is 25.1. The second-order valence-electron chi connectivity index (χ2n) is 14.2. The van der Waals surface area contributed by atoms with E-state index in [1.165, 1.54) is 54.8 Å². The van der Waals surface area contributed by atoms with E-state index in [4.69, 9.17) is 9.97 Å². The van der Waals surface area contributed by atoms with Crippen LogP contribution in [0.1, 0.15) is 25.0 Å². The number of hydrogen-bond acceptors (Lipinski definition) is 2. The minimum absolute atomic E-state index is 0.229. The van der Waals surface area contributed by atoms with Crippen molar-refractivity contribution in [2.24, 2.45) is 0 Å². The first kappa shape index (κ1) is 28.3. The van der Waals surface area contributed by atoms with E-state index in [0.717, 1.165) is 38.9 Å². The molecule has 11 rings (SSSR count). The molecule has 0 radical (unpaired) electrons. The fraction of sp³-hybridized carbons (Fsp3) is 0.0638. The normalized spacial score (nSPS) is 13.5. The predicted molar refractivity (Wildman–Crippen MR) is 211 cm³/mol. The van der Waals surface area contributed by atoms with Gasteiger partial charge in [-0.05, 0) is 52.6 Å². The summed E-state index contributed by atoms with van der Waals surface area (Å²) in [7, 11) is 0. The van der Waals surface area contributed by atoms with Crippen LogP contribution in [0.2, 0.25) is 0 Å². The van der Waals surface area contributed by atoms with E-state index in [0.29, 0.717) is 5.95 Å². The molecule has 0 fully saturated rings. The summed E-state index contributed by atoms with van der Waals surface area (Å²) in [5.74, 6) is 0.662. The van der Waals surface area contributed by atoms with Crippen LogP contribution in [0, 0.1) is 0 Å². The Balaban J connectivity index is 1.44. The fourth-order valence-electron chi connectivity index (χ4n) is 8.99. The van der Waals surface area contributed by atoms with Crippen molar-refractivity contribution in [3.05, 3.63) is 169 Å². The van der Waals surface area contributed by atoms with Crippen molar-refractivity contribution in [1.82, 2.24) is 19.1 Å². The van der Waals surface area contributed by atoms with Crippen LogP contribution in [0.3, 0.4) is 0 Å². The lowest BCUT2D eigenvalue weighted by molar-refractivity contribution is 0.667. The summed E-state index contributed by atoms with van der Waals surface area (Å²) >= 11 is 0. The second kappa shape index (κ2) is 10.3. The monoisotopic (exact) mass is 652 g/mol. The summed E-state index contributed by atoms with van der Waals surface area (Å²) in [6.45, 7) is 4.80. The Morgan fingerprint density at radius 1 is 0.490 bits per heavy atom. The molecule has 3 aromatic heterocycles. The van der Waals surface area contributed by atoms with Crippen LogP contribution in [0.5, 0.6) is 0 Å². The number of rotatable bonds is 3. The Bertz CT molecular complexity index is 3040. The third-order valence-electron chi connectivity index (χ3n) is 11.1. The van der Waals surface area contributed by atoms with Crippen molar-refractivity contribution < 1.29 is 0 Å².